The van der Waals surface area contributed by atoms with E-state index in [1.807, 2.05) is 11.8 Å². The first kappa shape index (κ1) is 13.2. The molecule has 0 bridgehead atoms. The zero-order valence-corrected chi connectivity index (χ0v) is 11.5. The molecule has 0 aromatic heterocycles. The Labute approximate surface area is 108 Å². The van der Waals surface area contributed by atoms with Gasteiger partial charge in [-0.1, -0.05) is 19.3 Å². The van der Waals surface area contributed by atoms with Gasteiger partial charge in [0.25, 0.3) is 0 Å². The van der Waals surface area contributed by atoms with E-state index in [0.29, 0.717) is 12.0 Å². The lowest BCUT2D eigenvalue weighted by molar-refractivity contribution is -0.123. The summed E-state index contributed by atoms with van der Waals surface area (Å²) in [6, 6.07) is 0.372. The molecule has 4 heteroatoms. The maximum absolute atomic E-state index is 12.1. The van der Waals surface area contributed by atoms with E-state index in [1.165, 1.54) is 32.1 Å². The van der Waals surface area contributed by atoms with Crippen LogP contribution in [0.15, 0.2) is 0 Å². The van der Waals surface area contributed by atoms with Gasteiger partial charge in [-0.3, -0.25) is 4.79 Å². The second kappa shape index (κ2) is 6.64. The average molecular weight is 256 g/mol. The molecule has 2 aliphatic rings. The first-order chi connectivity index (χ1) is 8.27. The van der Waals surface area contributed by atoms with Gasteiger partial charge in [-0.05, 0) is 25.7 Å². The molecule has 1 heterocycles. The van der Waals surface area contributed by atoms with Crippen molar-refractivity contribution in [1.29, 1.82) is 0 Å². The van der Waals surface area contributed by atoms with Crippen LogP contribution >= 0.6 is 11.8 Å². The highest BCUT2D eigenvalue weighted by atomic mass is 32.2. The van der Waals surface area contributed by atoms with Crippen LogP contribution in [0.2, 0.25) is 0 Å². The van der Waals surface area contributed by atoms with Gasteiger partial charge in [0.2, 0.25) is 5.91 Å². The predicted molar refractivity (Wildman–Crippen MR) is 73.3 cm³/mol. The van der Waals surface area contributed by atoms with Gasteiger partial charge in [0.05, 0.1) is 6.04 Å². The molecule has 1 saturated carbocycles. The van der Waals surface area contributed by atoms with Crippen molar-refractivity contribution in [2.45, 2.75) is 51.1 Å². The number of thioether (sulfide) groups is 1. The Morgan fingerprint density at radius 2 is 2.12 bits per heavy atom. The normalized spacial score (nSPS) is 28.6. The van der Waals surface area contributed by atoms with Crippen LogP contribution < -0.4 is 10.6 Å². The van der Waals surface area contributed by atoms with Crippen molar-refractivity contribution >= 4 is 17.7 Å². The largest absolute Gasteiger partial charge is 0.352 e. The summed E-state index contributed by atoms with van der Waals surface area (Å²) < 4.78 is 0. The number of hydrogen-bond donors (Lipinski definition) is 2. The first-order valence-electron chi connectivity index (χ1n) is 6.89. The van der Waals surface area contributed by atoms with Crippen molar-refractivity contribution < 1.29 is 4.79 Å². The zero-order chi connectivity index (χ0) is 12.1. The number of amides is 1. The quantitative estimate of drug-likeness (QED) is 0.809. The molecule has 0 aromatic carbocycles. The van der Waals surface area contributed by atoms with Gasteiger partial charge in [0.15, 0.2) is 0 Å². The van der Waals surface area contributed by atoms with Crippen LogP contribution in [0, 0.1) is 5.92 Å². The Bertz CT molecular complexity index is 248. The maximum atomic E-state index is 12.1. The van der Waals surface area contributed by atoms with Crippen LogP contribution in [0.1, 0.15) is 39.0 Å². The SMILES string of the molecule is C[C@H](NC(=O)C1CSCCN1)C1CCCCC1. The van der Waals surface area contributed by atoms with Gasteiger partial charge in [-0.25, -0.2) is 0 Å². The smallest absolute Gasteiger partial charge is 0.238 e. The van der Waals surface area contributed by atoms with E-state index in [1.54, 1.807) is 0 Å². The molecule has 0 spiro atoms. The Morgan fingerprint density at radius 1 is 1.35 bits per heavy atom. The molecule has 1 aliphatic carbocycles. The molecule has 2 rings (SSSR count). The minimum atomic E-state index is 0.0276. The van der Waals surface area contributed by atoms with Gasteiger partial charge in [0, 0.05) is 24.1 Å². The molecular formula is C13H24N2OS. The van der Waals surface area contributed by atoms with Gasteiger partial charge < -0.3 is 10.6 Å². The van der Waals surface area contributed by atoms with E-state index in [0.717, 1.165) is 18.1 Å². The zero-order valence-electron chi connectivity index (χ0n) is 10.7. The molecule has 0 radical (unpaired) electrons. The molecule has 1 saturated heterocycles. The Morgan fingerprint density at radius 3 is 2.76 bits per heavy atom. The average Bonchev–Trinajstić information content (AvgIpc) is 2.40. The standard InChI is InChI=1S/C13H24N2OS/c1-10(11-5-3-2-4-6-11)15-13(16)12-9-17-8-7-14-12/h10-12,14H,2-9H2,1H3,(H,15,16)/t10-,12?/m0/s1. The molecular weight excluding hydrogens is 232 g/mol. The van der Waals surface area contributed by atoms with Crippen molar-refractivity contribution in [2.75, 3.05) is 18.1 Å². The van der Waals surface area contributed by atoms with Crippen molar-refractivity contribution in [3.8, 4) is 0 Å². The summed E-state index contributed by atoms with van der Waals surface area (Å²) in [5, 5.41) is 6.50. The van der Waals surface area contributed by atoms with E-state index in [2.05, 4.69) is 17.6 Å². The Hall–Kier alpha value is -0.220. The van der Waals surface area contributed by atoms with Crippen LogP contribution in [-0.4, -0.2) is 36.0 Å². The number of carbonyl (C=O) groups is 1. The van der Waals surface area contributed by atoms with Crippen molar-refractivity contribution in [3.63, 3.8) is 0 Å². The van der Waals surface area contributed by atoms with Crippen molar-refractivity contribution in [3.05, 3.63) is 0 Å². The predicted octanol–water partition coefficient (Wildman–Crippen LogP) is 1.78. The Kier molecular flexibility index (Phi) is 5.16. The highest BCUT2D eigenvalue weighted by Gasteiger charge is 2.25. The van der Waals surface area contributed by atoms with E-state index in [9.17, 15) is 4.79 Å². The van der Waals surface area contributed by atoms with Crippen molar-refractivity contribution in [2.24, 2.45) is 5.92 Å². The van der Waals surface area contributed by atoms with Crippen LogP contribution in [-0.2, 0) is 4.79 Å². The van der Waals surface area contributed by atoms with Crippen molar-refractivity contribution in [1.82, 2.24) is 10.6 Å². The molecule has 1 aliphatic heterocycles. The van der Waals surface area contributed by atoms with Gasteiger partial charge in [-0.2, -0.15) is 11.8 Å². The van der Waals surface area contributed by atoms with E-state index >= 15 is 0 Å². The number of nitrogens with one attached hydrogen (secondary N) is 2. The van der Waals surface area contributed by atoms with Crippen LogP contribution in [0.5, 0.6) is 0 Å². The Balaban J connectivity index is 1.76. The highest BCUT2D eigenvalue weighted by Crippen LogP contribution is 2.26. The van der Waals surface area contributed by atoms with Crippen LogP contribution in [0.25, 0.3) is 0 Å². The summed E-state index contributed by atoms with van der Waals surface area (Å²) >= 11 is 1.87. The minimum absolute atomic E-state index is 0.0276. The van der Waals surface area contributed by atoms with E-state index in [4.69, 9.17) is 0 Å². The topological polar surface area (TPSA) is 41.1 Å². The number of carbonyl (C=O) groups excluding carboxylic acids is 1. The molecule has 2 fully saturated rings. The molecule has 1 unspecified atom stereocenters. The summed E-state index contributed by atoms with van der Waals surface area (Å²) in [6.07, 6.45) is 6.62. The molecule has 0 aromatic rings. The summed E-state index contributed by atoms with van der Waals surface area (Å²) in [7, 11) is 0. The lowest BCUT2D eigenvalue weighted by Crippen LogP contribution is -2.52. The molecule has 1 amide bonds. The van der Waals surface area contributed by atoms with Crippen LogP contribution in [0.3, 0.4) is 0 Å². The molecule has 98 valence electrons. The van der Waals surface area contributed by atoms with Gasteiger partial charge in [0.1, 0.15) is 0 Å². The fourth-order valence-corrected chi connectivity index (χ4v) is 3.74. The molecule has 2 N–H and O–H groups in total. The lowest BCUT2D eigenvalue weighted by Gasteiger charge is -2.30. The van der Waals surface area contributed by atoms with E-state index in [-0.39, 0.29) is 11.9 Å². The second-order valence-electron chi connectivity index (χ2n) is 5.28. The fourth-order valence-electron chi connectivity index (χ4n) is 2.81. The third-order valence-electron chi connectivity index (χ3n) is 3.97. The minimum Gasteiger partial charge on any atom is -0.352 e. The highest BCUT2D eigenvalue weighted by molar-refractivity contribution is 7.99. The third kappa shape index (κ3) is 3.88. The maximum Gasteiger partial charge on any atom is 0.238 e. The van der Waals surface area contributed by atoms with Gasteiger partial charge >= 0.3 is 0 Å². The number of rotatable bonds is 3. The summed E-state index contributed by atoms with van der Waals surface area (Å²) in [5.74, 6) is 2.95. The molecule has 17 heavy (non-hydrogen) atoms. The van der Waals surface area contributed by atoms with Gasteiger partial charge in [-0.15, -0.1) is 0 Å². The lowest BCUT2D eigenvalue weighted by atomic mass is 9.84. The first-order valence-corrected chi connectivity index (χ1v) is 8.04. The second-order valence-corrected chi connectivity index (χ2v) is 6.43. The van der Waals surface area contributed by atoms with Crippen LogP contribution in [0.4, 0.5) is 0 Å². The fraction of sp³-hybridized carbons (Fsp3) is 0.923. The summed E-state index contributed by atoms with van der Waals surface area (Å²) in [5.41, 5.74) is 0. The monoisotopic (exact) mass is 256 g/mol. The summed E-state index contributed by atoms with van der Waals surface area (Å²) in [4.78, 5) is 12.1. The molecule has 3 nitrogen and oxygen atoms in total. The molecule has 2 atom stereocenters. The third-order valence-corrected chi connectivity index (χ3v) is 5.03. The number of hydrogen-bond acceptors (Lipinski definition) is 3. The summed E-state index contributed by atoms with van der Waals surface area (Å²) in [6.45, 7) is 3.13. The van der Waals surface area contributed by atoms with E-state index < -0.39 is 0 Å².